The molecule has 19 heavy (non-hydrogen) atoms. The van der Waals surface area contributed by atoms with E-state index in [1.807, 2.05) is 6.07 Å². The van der Waals surface area contributed by atoms with Crippen LogP contribution in [-0.4, -0.2) is 30.0 Å². The van der Waals surface area contributed by atoms with Gasteiger partial charge in [0.05, 0.1) is 13.2 Å². The van der Waals surface area contributed by atoms with Crippen molar-refractivity contribution in [3.8, 4) is 11.5 Å². The van der Waals surface area contributed by atoms with Crippen LogP contribution in [0.4, 0.5) is 5.69 Å². The Morgan fingerprint density at radius 1 is 1.37 bits per heavy atom. The largest absolute Gasteiger partial charge is 0.423 e. The first-order valence-corrected chi connectivity index (χ1v) is 6.35. The van der Waals surface area contributed by atoms with Gasteiger partial charge in [0.2, 0.25) is 12.3 Å². The maximum atomic E-state index is 5.26. The summed E-state index contributed by atoms with van der Waals surface area (Å²) in [5.41, 5.74) is 3.51. The van der Waals surface area contributed by atoms with Gasteiger partial charge in [-0.1, -0.05) is 6.92 Å². The molecule has 0 spiro atoms. The topological polar surface area (TPSA) is 60.2 Å². The fourth-order valence-corrected chi connectivity index (χ4v) is 2.16. The molecule has 1 aromatic carbocycles. The number of aromatic nitrogens is 2. The second kappa shape index (κ2) is 4.66. The number of aryl methyl sites for hydroxylation is 1. The van der Waals surface area contributed by atoms with Crippen molar-refractivity contribution in [3.63, 3.8) is 0 Å². The molecule has 0 amide bonds. The summed E-state index contributed by atoms with van der Waals surface area (Å²) in [6.07, 6.45) is 1.34. The van der Waals surface area contributed by atoms with E-state index >= 15 is 0 Å². The smallest absolute Gasteiger partial charge is 0.247 e. The molecule has 1 saturated heterocycles. The first-order chi connectivity index (χ1) is 9.16. The van der Waals surface area contributed by atoms with Gasteiger partial charge in [-0.3, -0.25) is 0 Å². The van der Waals surface area contributed by atoms with E-state index in [0.717, 1.165) is 31.0 Å². The van der Waals surface area contributed by atoms with E-state index in [9.17, 15) is 0 Å². The lowest BCUT2D eigenvalue weighted by Crippen LogP contribution is -2.45. The maximum Gasteiger partial charge on any atom is 0.247 e. The van der Waals surface area contributed by atoms with E-state index in [1.54, 1.807) is 0 Å². The van der Waals surface area contributed by atoms with E-state index in [1.165, 1.54) is 12.0 Å². The molecule has 1 fully saturated rings. The second-order valence-corrected chi connectivity index (χ2v) is 5.43. The molecule has 0 bridgehead atoms. The number of hydrogen-bond acceptors (Lipinski definition) is 5. The minimum atomic E-state index is 0.262. The Morgan fingerprint density at radius 3 is 2.79 bits per heavy atom. The van der Waals surface area contributed by atoms with Crippen LogP contribution in [0, 0.1) is 12.3 Å². The average Bonchev–Trinajstić information content (AvgIpc) is 2.89. The molecule has 3 rings (SSSR count). The first kappa shape index (κ1) is 12.2. The Hall–Kier alpha value is -1.88. The zero-order chi connectivity index (χ0) is 13.3. The Balaban J connectivity index is 1.73. The van der Waals surface area contributed by atoms with Crippen LogP contribution in [-0.2, 0) is 4.74 Å². The van der Waals surface area contributed by atoms with Gasteiger partial charge in [0.15, 0.2) is 0 Å². The summed E-state index contributed by atoms with van der Waals surface area (Å²) >= 11 is 0. The van der Waals surface area contributed by atoms with Gasteiger partial charge in [0, 0.05) is 23.2 Å². The molecule has 0 aliphatic carbocycles. The van der Waals surface area contributed by atoms with Gasteiger partial charge < -0.3 is 14.5 Å². The Morgan fingerprint density at radius 2 is 2.21 bits per heavy atom. The van der Waals surface area contributed by atoms with Crippen molar-refractivity contribution in [3.05, 3.63) is 30.2 Å². The number of anilines is 1. The van der Waals surface area contributed by atoms with Crippen LogP contribution < -0.4 is 5.32 Å². The lowest BCUT2D eigenvalue weighted by Gasteiger charge is -2.38. The molecule has 5 heteroatoms. The number of nitrogens with one attached hydrogen (secondary N) is 1. The SMILES string of the molecule is Cc1cc(-c2nnco2)ccc1NCC1(C)COC1. The molecular weight excluding hydrogens is 242 g/mol. The van der Waals surface area contributed by atoms with Crippen LogP contribution >= 0.6 is 0 Å². The van der Waals surface area contributed by atoms with Crippen molar-refractivity contribution in [2.75, 3.05) is 25.1 Å². The molecule has 0 radical (unpaired) electrons. The van der Waals surface area contributed by atoms with Gasteiger partial charge >= 0.3 is 0 Å². The standard InChI is InChI=1S/C14H17N3O2/c1-10-5-11(13-17-16-9-19-13)3-4-12(10)15-6-14(2)7-18-8-14/h3-5,9,15H,6-8H2,1-2H3. The van der Waals surface area contributed by atoms with Crippen molar-refractivity contribution in [2.24, 2.45) is 5.41 Å². The minimum absolute atomic E-state index is 0.262. The Kier molecular flexibility index (Phi) is 2.98. The molecule has 1 N–H and O–H groups in total. The van der Waals surface area contributed by atoms with Crippen LogP contribution in [0.5, 0.6) is 0 Å². The van der Waals surface area contributed by atoms with Crippen molar-refractivity contribution in [1.29, 1.82) is 0 Å². The van der Waals surface area contributed by atoms with E-state index in [2.05, 4.69) is 41.5 Å². The van der Waals surface area contributed by atoms with E-state index in [0.29, 0.717) is 5.89 Å². The van der Waals surface area contributed by atoms with Crippen LogP contribution in [0.25, 0.3) is 11.5 Å². The number of rotatable bonds is 4. The van der Waals surface area contributed by atoms with Crippen LogP contribution in [0.2, 0.25) is 0 Å². The monoisotopic (exact) mass is 259 g/mol. The van der Waals surface area contributed by atoms with Gasteiger partial charge in [0.1, 0.15) is 0 Å². The van der Waals surface area contributed by atoms with Crippen molar-refractivity contribution < 1.29 is 9.15 Å². The summed E-state index contributed by atoms with van der Waals surface area (Å²) in [4.78, 5) is 0. The highest BCUT2D eigenvalue weighted by molar-refractivity contribution is 5.62. The number of nitrogens with zero attached hydrogens (tertiary/aromatic N) is 2. The highest BCUT2D eigenvalue weighted by Gasteiger charge is 2.33. The maximum absolute atomic E-state index is 5.26. The average molecular weight is 259 g/mol. The lowest BCUT2D eigenvalue weighted by molar-refractivity contribution is -0.0924. The molecule has 0 unspecified atom stereocenters. The molecule has 0 atom stereocenters. The molecule has 2 aromatic rings. The van der Waals surface area contributed by atoms with E-state index in [4.69, 9.17) is 9.15 Å². The summed E-state index contributed by atoms with van der Waals surface area (Å²) in [6, 6.07) is 6.09. The summed E-state index contributed by atoms with van der Waals surface area (Å²) in [6.45, 7) is 6.89. The third-order valence-corrected chi connectivity index (χ3v) is 3.44. The molecule has 5 nitrogen and oxygen atoms in total. The molecule has 1 aromatic heterocycles. The van der Waals surface area contributed by atoms with E-state index in [-0.39, 0.29) is 5.41 Å². The van der Waals surface area contributed by atoms with Crippen LogP contribution in [0.15, 0.2) is 29.0 Å². The van der Waals surface area contributed by atoms with Crippen molar-refractivity contribution in [1.82, 2.24) is 10.2 Å². The normalized spacial score (nSPS) is 16.9. The zero-order valence-electron chi connectivity index (χ0n) is 11.1. The second-order valence-electron chi connectivity index (χ2n) is 5.43. The van der Waals surface area contributed by atoms with Gasteiger partial charge in [-0.2, -0.15) is 0 Å². The summed E-state index contributed by atoms with van der Waals surface area (Å²) in [7, 11) is 0. The highest BCUT2D eigenvalue weighted by Crippen LogP contribution is 2.28. The predicted octanol–water partition coefficient (Wildman–Crippen LogP) is 2.49. The predicted molar refractivity (Wildman–Crippen MR) is 71.9 cm³/mol. The van der Waals surface area contributed by atoms with Gasteiger partial charge in [-0.25, -0.2) is 0 Å². The number of benzene rings is 1. The Bertz CT molecular complexity index is 562. The third kappa shape index (κ3) is 2.46. The summed E-state index contributed by atoms with van der Waals surface area (Å²) < 4.78 is 10.5. The van der Waals surface area contributed by atoms with E-state index < -0.39 is 0 Å². The third-order valence-electron chi connectivity index (χ3n) is 3.44. The molecule has 0 saturated carbocycles. The molecule has 1 aliphatic rings. The van der Waals surface area contributed by atoms with Crippen molar-refractivity contribution in [2.45, 2.75) is 13.8 Å². The molecule has 100 valence electrons. The molecule has 1 aliphatic heterocycles. The molecular formula is C14H17N3O2. The summed E-state index contributed by atoms with van der Waals surface area (Å²) in [5.74, 6) is 0.550. The van der Waals surface area contributed by atoms with Crippen molar-refractivity contribution >= 4 is 5.69 Å². The number of ether oxygens (including phenoxy) is 1. The van der Waals surface area contributed by atoms with Gasteiger partial charge in [-0.15, -0.1) is 10.2 Å². The highest BCUT2D eigenvalue weighted by atomic mass is 16.5. The minimum Gasteiger partial charge on any atom is -0.423 e. The van der Waals surface area contributed by atoms with Gasteiger partial charge in [-0.05, 0) is 30.7 Å². The lowest BCUT2D eigenvalue weighted by atomic mass is 9.88. The molecule has 2 heterocycles. The quantitative estimate of drug-likeness (QED) is 0.914. The fourth-order valence-electron chi connectivity index (χ4n) is 2.16. The zero-order valence-corrected chi connectivity index (χ0v) is 11.1. The van der Waals surface area contributed by atoms with Crippen LogP contribution in [0.1, 0.15) is 12.5 Å². The number of hydrogen-bond donors (Lipinski definition) is 1. The van der Waals surface area contributed by atoms with Crippen LogP contribution in [0.3, 0.4) is 0 Å². The summed E-state index contributed by atoms with van der Waals surface area (Å²) in [5, 5.41) is 11.1. The first-order valence-electron chi connectivity index (χ1n) is 6.35. The Labute approximate surface area is 112 Å². The fraction of sp³-hybridized carbons (Fsp3) is 0.429. The van der Waals surface area contributed by atoms with Gasteiger partial charge in [0.25, 0.3) is 0 Å².